The van der Waals surface area contributed by atoms with Crippen molar-refractivity contribution in [3.63, 3.8) is 0 Å². The van der Waals surface area contributed by atoms with Crippen LogP contribution in [-0.4, -0.2) is 0 Å². The Morgan fingerprint density at radius 1 is 0.875 bits per heavy atom. The molecule has 0 N–H and O–H groups in total. The molecule has 1 rings (SSSR count). The van der Waals surface area contributed by atoms with E-state index in [-0.39, 0.29) is 0 Å². The second kappa shape index (κ2) is 6.07. The van der Waals surface area contributed by atoms with E-state index in [1.165, 1.54) is 25.7 Å². The lowest BCUT2D eigenvalue weighted by molar-refractivity contribution is 0.0980. The third-order valence-corrected chi connectivity index (χ3v) is 4.66. The van der Waals surface area contributed by atoms with E-state index in [9.17, 15) is 0 Å². The zero-order valence-electron chi connectivity index (χ0n) is 12.3. The average molecular weight is 224 g/mol. The Kier molecular flexibility index (Phi) is 5.34. The maximum absolute atomic E-state index is 2.42. The molecule has 0 bridgehead atoms. The summed E-state index contributed by atoms with van der Waals surface area (Å²) >= 11 is 0. The van der Waals surface area contributed by atoms with Crippen LogP contribution in [0.15, 0.2) is 0 Å². The molecule has 0 saturated heterocycles. The summed E-state index contributed by atoms with van der Waals surface area (Å²) in [4.78, 5) is 0. The van der Waals surface area contributed by atoms with Gasteiger partial charge < -0.3 is 0 Å². The van der Waals surface area contributed by atoms with E-state index in [0.717, 1.165) is 35.5 Å². The zero-order chi connectivity index (χ0) is 12.3. The molecule has 0 aromatic carbocycles. The van der Waals surface area contributed by atoms with Gasteiger partial charge in [-0.15, -0.1) is 0 Å². The molecule has 0 heteroatoms. The van der Waals surface area contributed by atoms with Crippen molar-refractivity contribution in [3.05, 3.63) is 0 Å². The summed E-state index contributed by atoms with van der Waals surface area (Å²) in [5.41, 5.74) is 0. The van der Waals surface area contributed by atoms with Crippen molar-refractivity contribution in [2.75, 3.05) is 0 Å². The van der Waals surface area contributed by atoms with Crippen LogP contribution in [0.25, 0.3) is 0 Å². The number of rotatable bonds is 4. The maximum atomic E-state index is 2.42. The Hall–Kier alpha value is 0. The molecule has 0 aromatic heterocycles. The summed E-state index contributed by atoms with van der Waals surface area (Å²) in [6.07, 6.45) is 5.91. The molecule has 0 heterocycles. The SMILES string of the molecule is CC(C)CC1CC(C(C)C)CCC1C(C)C. The minimum Gasteiger partial charge on any atom is -0.0628 e. The van der Waals surface area contributed by atoms with E-state index in [2.05, 4.69) is 41.5 Å². The average Bonchev–Trinajstić information content (AvgIpc) is 2.15. The molecule has 0 radical (unpaired) electrons. The summed E-state index contributed by atoms with van der Waals surface area (Å²) < 4.78 is 0. The quantitative estimate of drug-likeness (QED) is 0.601. The fourth-order valence-corrected chi connectivity index (χ4v) is 3.68. The van der Waals surface area contributed by atoms with Gasteiger partial charge in [-0.1, -0.05) is 41.5 Å². The molecule has 0 amide bonds. The molecule has 1 aliphatic rings. The Morgan fingerprint density at radius 2 is 1.50 bits per heavy atom. The second-order valence-electron chi connectivity index (χ2n) is 7.11. The maximum Gasteiger partial charge on any atom is -0.0362 e. The van der Waals surface area contributed by atoms with Crippen LogP contribution in [0, 0.1) is 35.5 Å². The van der Waals surface area contributed by atoms with Gasteiger partial charge in [-0.2, -0.15) is 0 Å². The minimum absolute atomic E-state index is 0.872. The third kappa shape index (κ3) is 3.79. The van der Waals surface area contributed by atoms with Crippen LogP contribution in [0.5, 0.6) is 0 Å². The molecule has 1 saturated carbocycles. The van der Waals surface area contributed by atoms with Gasteiger partial charge in [0.15, 0.2) is 0 Å². The van der Waals surface area contributed by atoms with Gasteiger partial charge in [-0.3, -0.25) is 0 Å². The lowest BCUT2D eigenvalue weighted by Gasteiger charge is -2.40. The number of hydrogen-bond donors (Lipinski definition) is 0. The molecule has 3 atom stereocenters. The third-order valence-electron chi connectivity index (χ3n) is 4.66. The molecule has 0 spiro atoms. The van der Waals surface area contributed by atoms with Gasteiger partial charge in [-0.25, -0.2) is 0 Å². The van der Waals surface area contributed by atoms with E-state index < -0.39 is 0 Å². The molecule has 3 unspecified atom stereocenters. The summed E-state index contributed by atoms with van der Waals surface area (Å²) in [7, 11) is 0. The van der Waals surface area contributed by atoms with Crippen LogP contribution in [0.4, 0.5) is 0 Å². The lowest BCUT2D eigenvalue weighted by Crippen LogP contribution is -2.31. The van der Waals surface area contributed by atoms with Crippen molar-refractivity contribution in [1.82, 2.24) is 0 Å². The molecule has 0 aromatic rings. The predicted molar refractivity (Wildman–Crippen MR) is 73.5 cm³/mol. The largest absolute Gasteiger partial charge is 0.0628 e. The molecular weight excluding hydrogens is 192 g/mol. The summed E-state index contributed by atoms with van der Waals surface area (Å²) in [5, 5.41) is 0. The van der Waals surface area contributed by atoms with E-state index in [1.807, 2.05) is 0 Å². The van der Waals surface area contributed by atoms with Gasteiger partial charge in [-0.05, 0) is 61.2 Å². The van der Waals surface area contributed by atoms with Crippen LogP contribution in [-0.2, 0) is 0 Å². The van der Waals surface area contributed by atoms with Crippen molar-refractivity contribution in [3.8, 4) is 0 Å². The molecule has 1 fully saturated rings. The summed E-state index contributed by atoms with van der Waals surface area (Å²) in [6.45, 7) is 14.4. The van der Waals surface area contributed by atoms with Gasteiger partial charge in [0.2, 0.25) is 0 Å². The molecule has 16 heavy (non-hydrogen) atoms. The summed E-state index contributed by atoms with van der Waals surface area (Å²) in [5.74, 6) is 5.65. The highest BCUT2D eigenvalue weighted by Gasteiger charge is 2.33. The Bertz CT molecular complexity index is 190. The predicted octanol–water partition coefficient (Wildman–Crippen LogP) is 5.38. The number of hydrogen-bond acceptors (Lipinski definition) is 0. The monoisotopic (exact) mass is 224 g/mol. The first kappa shape index (κ1) is 14.1. The van der Waals surface area contributed by atoms with Gasteiger partial charge >= 0.3 is 0 Å². The van der Waals surface area contributed by atoms with Crippen LogP contribution >= 0.6 is 0 Å². The Morgan fingerprint density at radius 3 is 1.94 bits per heavy atom. The smallest absolute Gasteiger partial charge is 0.0362 e. The zero-order valence-corrected chi connectivity index (χ0v) is 12.3. The van der Waals surface area contributed by atoms with Gasteiger partial charge in [0.25, 0.3) is 0 Å². The molecule has 1 aliphatic carbocycles. The Balaban J connectivity index is 2.61. The fraction of sp³-hybridized carbons (Fsp3) is 1.00. The Labute approximate surface area is 103 Å². The first-order valence-electron chi connectivity index (χ1n) is 7.41. The van der Waals surface area contributed by atoms with E-state index in [1.54, 1.807) is 0 Å². The van der Waals surface area contributed by atoms with E-state index in [0.29, 0.717) is 0 Å². The highest BCUT2D eigenvalue weighted by atomic mass is 14.4. The fourth-order valence-electron chi connectivity index (χ4n) is 3.68. The lowest BCUT2D eigenvalue weighted by atomic mass is 9.65. The van der Waals surface area contributed by atoms with Crippen molar-refractivity contribution < 1.29 is 0 Å². The molecule has 0 nitrogen and oxygen atoms in total. The van der Waals surface area contributed by atoms with Crippen molar-refractivity contribution in [2.24, 2.45) is 35.5 Å². The van der Waals surface area contributed by atoms with E-state index >= 15 is 0 Å². The topological polar surface area (TPSA) is 0 Å². The molecule has 96 valence electrons. The molecule has 0 aliphatic heterocycles. The van der Waals surface area contributed by atoms with Crippen molar-refractivity contribution in [2.45, 2.75) is 67.2 Å². The molecular formula is C16H32. The second-order valence-corrected chi connectivity index (χ2v) is 7.11. The van der Waals surface area contributed by atoms with Gasteiger partial charge in [0, 0.05) is 0 Å². The highest BCUT2D eigenvalue weighted by Crippen LogP contribution is 2.43. The van der Waals surface area contributed by atoms with Gasteiger partial charge in [0.1, 0.15) is 0 Å². The van der Waals surface area contributed by atoms with Gasteiger partial charge in [0.05, 0.1) is 0 Å². The highest BCUT2D eigenvalue weighted by molar-refractivity contribution is 4.83. The standard InChI is InChI=1S/C16H32/c1-11(2)9-15-10-14(12(3)4)7-8-16(15)13(5)6/h11-16H,7-10H2,1-6H3. The van der Waals surface area contributed by atoms with E-state index in [4.69, 9.17) is 0 Å². The first-order chi connectivity index (χ1) is 7.41. The minimum atomic E-state index is 0.872. The summed E-state index contributed by atoms with van der Waals surface area (Å²) in [6, 6.07) is 0. The van der Waals surface area contributed by atoms with Crippen LogP contribution in [0.3, 0.4) is 0 Å². The first-order valence-corrected chi connectivity index (χ1v) is 7.41. The van der Waals surface area contributed by atoms with Crippen LogP contribution in [0.2, 0.25) is 0 Å². The normalized spacial score (nSPS) is 31.7. The van der Waals surface area contributed by atoms with Crippen LogP contribution < -0.4 is 0 Å². The van der Waals surface area contributed by atoms with Crippen molar-refractivity contribution >= 4 is 0 Å². The van der Waals surface area contributed by atoms with Crippen LogP contribution in [0.1, 0.15) is 67.2 Å². The van der Waals surface area contributed by atoms with Crippen molar-refractivity contribution in [1.29, 1.82) is 0 Å².